The molecule has 0 spiro atoms. The van der Waals surface area contributed by atoms with Crippen molar-refractivity contribution in [3.8, 4) is 0 Å². The standard InChI is InChI=1S/C16H18N2O/c1-12-4-2-6-15-16(12)13(10-18-15)7-8-17-11-14-5-3-9-19-14/h2-6,9-10,17-18H,7-8,11H2,1H3. The lowest BCUT2D eigenvalue weighted by molar-refractivity contribution is 0.484. The van der Waals surface area contributed by atoms with Crippen molar-refractivity contribution < 1.29 is 4.42 Å². The van der Waals surface area contributed by atoms with Gasteiger partial charge in [0.25, 0.3) is 0 Å². The van der Waals surface area contributed by atoms with Gasteiger partial charge in [-0.3, -0.25) is 0 Å². The smallest absolute Gasteiger partial charge is 0.117 e. The van der Waals surface area contributed by atoms with Crippen molar-refractivity contribution in [3.05, 3.63) is 59.7 Å². The fourth-order valence-electron chi connectivity index (χ4n) is 2.50. The Balaban J connectivity index is 1.62. The Bertz CT molecular complexity index is 653. The van der Waals surface area contributed by atoms with Crippen LogP contribution in [0.4, 0.5) is 0 Å². The summed E-state index contributed by atoms with van der Waals surface area (Å²) >= 11 is 0. The van der Waals surface area contributed by atoms with E-state index in [9.17, 15) is 0 Å². The van der Waals surface area contributed by atoms with Gasteiger partial charge in [-0.25, -0.2) is 0 Å². The average Bonchev–Trinajstić information content (AvgIpc) is 3.05. The number of aromatic amines is 1. The minimum Gasteiger partial charge on any atom is -0.468 e. The van der Waals surface area contributed by atoms with E-state index in [0.717, 1.165) is 25.3 Å². The number of hydrogen-bond acceptors (Lipinski definition) is 2. The van der Waals surface area contributed by atoms with Crippen LogP contribution in [0.5, 0.6) is 0 Å². The number of fused-ring (bicyclic) bond motifs is 1. The molecule has 98 valence electrons. The van der Waals surface area contributed by atoms with E-state index < -0.39 is 0 Å². The molecule has 0 fully saturated rings. The number of aromatic nitrogens is 1. The summed E-state index contributed by atoms with van der Waals surface area (Å²) in [5, 5.41) is 4.77. The summed E-state index contributed by atoms with van der Waals surface area (Å²) < 4.78 is 5.29. The maximum absolute atomic E-state index is 5.29. The first-order chi connectivity index (χ1) is 9.34. The molecule has 0 bridgehead atoms. The molecule has 0 aliphatic rings. The maximum Gasteiger partial charge on any atom is 0.117 e. The van der Waals surface area contributed by atoms with Gasteiger partial charge in [0.05, 0.1) is 12.8 Å². The van der Waals surface area contributed by atoms with Crippen LogP contribution >= 0.6 is 0 Å². The summed E-state index contributed by atoms with van der Waals surface area (Å²) in [6.07, 6.45) is 4.85. The van der Waals surface area contributed by atoms with Crippen LogP contribution in [0, 0.1) is 6.92 Å². The van der Waals surface area contributed by atoms with Crippen LogP contribution in [0.2, 0.25) is 0 Å². The SMILES string of the molecule is Cc1cccc2[nH]cc(CCNCc3ccco3)c12. The molecule has 0 aliphatic heterocycles. The molecule has 3 nitrogen and oxygen atoms in total. The van der Waals surface area contributed by atoms with E-state index in [0.29, 0.717) is 0 Å². The van der Waals surface area contributed by atoms with Gasteiger partial charge in [-0.2, -0.15) is 0 Å². The van der Waals surface area contributed by atoms with Crippen molar-refractivity contribution in [2.45, 2.75) is 19.9 Å². The monoisotopic (exact) mass is 254 g/mol. The van der Waals surface area contributed by atoms with E-state index in [1.54, 1.807) is 6.26 Å². The third-order valence-corrected chi connectivity index (χ3v) is 3.45. The molecular weight excluding hydrogens is 236 g/mol. The van der Waals surface area contributed by atoms with E-state index in [4.69, 9.17) is 4.42 Å². The van der Waals surface area contributed by atoms with Crippen LogP contribution in [0.25, 0.3) is 10.9 Å². The fourth-order valence-corrected chi connectivity index (χ4v) is 2.50. The number of rotatable bonds is 5. The molecular formula is C16H18N2O. The Morgan fingerprint density at radius 3 is 3.00 bits per heavy atom. The number of benzene rings is 1. The zero-order valence-electron chi connectivity index (χ0n) is 11.1. The summed E-state index contributed by atoms with van der Waals surface area (Å²) in [4.78, 5) is 3.34. The molecule has 3 heteroatoms. The molecule has 0 aliphatic carbocycles. The predicted octanol–water partition coefficient (Wildman–Crippen LogP) is 3.40. The van der Waals surface area contributed by atoms with Gasteiger partial charge >= 0.3 is 0 Å². The molecule has 1 aromatic carbocycles. The second-order valence-corrected chi connectivity index (χ2v) is 4.82. The van der Waals surface area contributed by atoms with Crippen LogP contribution in [-0.2, 0) is 13.0 Å². The minimum absolute atomic E-state index is 0.786. The minimum atomic E-state index is 0.786. The van der Waals surface area contributed by atoms with Crippen LogP contribution in [0.15, 0.2) is 47.2 Å². The van der Waals surface area contributed by atoms with Crippen molar-refractivity contribution >= 4 is 10.9 Å². The van der Waals surface area contributed by atoms with Gasteiger partial charge in [-0.05, 0) is 49.2 Å². The first-order valence-corrected chi connectivity index (χ1v) is 6.63. The van der Waals surface area contributed by atoms with Gasteiger partial charge in [-0.1, -0.05) is 12.1 Å². The van der Waals surface area contributed by atoms with E-state index in [-0.39, 0.29) is 0 Å². The summed E-state index contributed by atoms with van der Waals surface area (Å²) in [5.41, 5.74) is 3.93. The molecule has 2 aromatic heterocycles. The quantitative estimate of drug-likeness (QED) is 0.685. The molecule has 0 saturated heterocycles. The van der Waals surface area contributed by atoms with E-state index in [1.807, 2.05) is 12.1 Å². The van der Waals surface area contributed by atoms with Crippen molar-refractivity contribution in [1.29, 1.82) is 0 Å². The normalized spacial score (nSPS) is 11.2. The Hall–Kier alpha value is -2.00. The fraction of sp³-hybridized carbons (Fsp3) is 0.250. The summed E-state index contributed by atoms with van der Waals surface area (Å²) in [7, 11) is 0. The van der Waals surface area contributed by atoms with Gasteiger partial charge in [0.1, 0.15) is 5.76 Å². The second-order valence-electron chi connectivity index (χ2n) is 4.82. The molecule has 0 radical (unpaired) electrons. The summed E-state index contributed by atoms with van der Waals surface area (Å²) in [5.74, 6) is 0.982. The molecule has 2 heterocycles. The maximum atomic E-state index is 5.29. The lowest BCUT2D eigenvalue weighted by Gasteiger charge is -2.03. The third-order valence-electron chi connectivity index (χ3n) is 3.45. The Morgan fingerprint density at radius 1 is 1.21 bits per heavy atom. The highest BCUT2D eigenvalue weighted by Gasteiger charge is 2.05. The van der Waals surface area contributed by atoms with Gasteiger partial charge in [0, 0.05) is 17.1 Å². The van der Waals surface area contributed by atoms with Crippen LogP contribution in [-0.4, -0.2) is 11.5 Å². The third kappa shape index (κ3) is 2.56. The second kappa shape index (κ2) is 5.33. The van der Waals surface area contributed by atoms with Crippen LogP contribution in [0.3, 0.4) is 0 Å². The zero-order chi connectivity index (χ0) is 13.1. The lowest BCUT2D eigenvalue weighted by Crippen LogP contribution is -2.16. The number of H-pyrrole nitrogens is 1. The van der Waals surface area contributed by atoms with Gasteiger partial charge in [0.15, 0.2) is 0 Å². The molecule has 19 heavy (non-hydrogen) atoms. The molecule has 0 amide bonds. The van der Waals surface area contributed by atoms with Gasteiger partial charge < -0.3 is 14.7 Å². The number of furan rings is 1. The van der Waals surface area contributed by atoms with Crippen LogP contribution < -0.4 is 5.32 Å². The van der Waals surface area contributed by atoms with E-state index >= 15 is 0 Å². The highest BCUT2D eigenvalue weighted by atomic mass is 16.3. The van der Waals surface area contributed by atoms with Crippen molar-refractivity contribution in [1.82, 2.24) is 10.3 Å². The highest BCUT2D eigenvalue weighted by molar-refractivity contribution is 5.86. The largest absolute Gasteiger partial charge is 0.468 e. The Morgan fingerprint density at radius 2 is 2.16 bits per heavy atom. The van der Waals surface area contributed by atoms with E-state index in [2.05, 4.69) is 41.6 Å². The topological polar surface area (TPSA) is 41.0 Å². The first-order valence-electron chi connectivity index (χ1n) is 6.63. The molecule has 3 rings (SSSR count). The number of aryl methyl sites for hydroxylation is 1. The Kier molecular flexibility index (Phi) is 3.38. The summed E-state index contributed by atoms with van der Waals surface area (Å²) in [6.45, 7) is 3.90. The van der Waals surface area contributed by atoms with Crippen molar-refractivity contribution in [2.24, 2.45) is 0 Å². The first kappa shape index (κ1) is 12.1. The molecule has 0 saturated carbocycles. The predicted molar refractivity (Wildman–Crippen MR) is 77.2 cm³/mol. The average molecular weight is 254 g/mol. The number of hydrogen-bond donors (Lipinski definition) is 2. The van der Waals surface area contributed by atoms with E-state index in [1.165, 1.54) is 22.0 Å². The highest BCUT2D eigenvalue weighted by Crippen LogP contribution is 2.22. The van der Waals surface area contributed by atoms with Crippen molar-refractivity contribution in [2.75, 3.05) is 6.54 Å². The van der Waals surface area contributed by atoms with Crippen molar-refractivity contribution in [3.63, 3.8) is 0 Å². The molecule has 3 aromatic rings. The molecule has 0 unspecified atom stereocenters. The molecule has 2 N–H and O–H groups in total. The Labute approximate surface area is 112 Å². The van der Waals surface area contributed by atoms with Crippen LogP contribution in [0.1, 0.15) is 16.9 Å². The number of nitrogens with one attached hydrogen (secondary N) is 2. The zero-order valence-corrected chi connectivity index (χ0v) is 11.1. The summed E-state index contributed by atoms with van der Waals surface area (Å²) in [6, 6.07) is 10.3. The molecule has 0 atom stereocenters. The van der Waals surface area contributed by atoms with Gasteiger partial charge in [0.2, 0.25) is 0 Å². The lowest BCUT2D eigenvalue weighted by atomic mass is 10.1. The van der Waals surface area contributed by atoms with Gasteiger partial charge in [-0.15, -0.1) is 0 Å².